The average molecular weight is 354 g/mol. The second-order valence-electron chi connectivity index (χ2n) is 4.67. The third kappa shape index (κ3) is 3.84. The van der Waals surface area contributed by atoms with Crippen LogP contribution in [0.4, 0.5) is 18.9 Å². The molecule has 2 aromatic rings. The Labute approximate surface area is 134 Å². The number of anilines is 1. The molecule has 0 saturated heterocycles. The van der Waals surface area contributed by atoms with Crippen LogP contribution in [0.1, 0.15) is 29.7 Å². The average Bonchev–Trinajstić information content (AvgIpc) is 2.69. The fourth-order valence-electron chi connectivity index (χ4n) is 1.99. The largest absolute Gasteiger partial charge is 0.416 e. The molecule has 2 rings (SSSR count). The van der Waals surface area contributed by atoms with Gasteiger partial charge in [-0.3, -0.25) is 0 Å². The van der Waals surface area contributed by atoms with E-state index in [0.29, 0.717) is 14.4 Å². The number of thiophene rings is 1. The molecule has 1 atom stereocenters. The number of hydrogen-bond acceptors (Lipinski definition) is 2. The molecule has 1 aromatic heterocycles. The van der Waals surface area contributed by atoms with E-state index in [4.69, 9.17) is 23.2 Å². The summed E-state index contributed by atoms with van der Waals surface area (Å²) >= 11 is 13.2. The molecule has 21 heavy (non-hydrogen) atoms. The summed E-state index contributed by atoms with van der Waals surface area (Å²) in [5, 5.41) is 3.02. The summed E-state index contributed by atoms with van der Waals surface area (Å²) in [5.41, 5.74) is 0.700. The van der Waals surface area contributed by atoms with Crippen molar-refractivity contribution < 1.29 is 13.2 Å². The van der Waals surface area contributed by atoms with E-state index in [2.05, 4.69) is 5.32 Å². The first kappa shape index (κ1) is 16.5. The van der Waals surface area contributed by atoms with Gasteiger partial charge in [0.25, 0.3) is 0 Å². The molecule has 1 aromatic carbocycles. The third-order valence-corrected chi connectivity index (χ3v) is 4.59. The van der Waals surface area contributed by atoms with Gasteiger partial charge in [0.1, 0.15) is 0 Å². The van der Waals surface area contributed by atoms with Crippen molar-refractivity contribution in [3.63, 3.8) is 0 Å². The Morgan fingerprint density at radius 3 is 2.38 bits per heavy atom. The zero-order chi connectivity index (χ0) is 15.8. The van der Waals surface area contributed by atoms with Gasteiger partial charge in [-0.15, -0.1) is 11.3 Å². The third-order valence-electron chi connectivity index (χ3n) is 3.08. The van der Waals surface area contributed by atoms with Crippen molar-refractivity contribution in [2.45, 2.75) is 26.1 Å². The fraction of sp³-hybridized carbons (Fsp3) is 0.286. The lowest BCUT2D eigenvalue weighted by molar-refractivity contribution is -0.138. The number of halogens is 5. The number of alkyl halides is 3. The van der Waals surface area contributed by atoms with E-state index in [9.17, 15) is 13.2 Å². The van der Waals surface area contributed by atoms with E-state index >= 15 is 0 Å². The summed E-state index contributed by atoms with van der Waals surface area (Å²) in [7, 11) is 0. The lowest BCUT2D eigenvalue weighted by Crippen LogP contribution is -2.10. The molecule has 114 valence electrons. The monoisotopic (exact) mass is 353 g/mol. The molecule has 1 N–H and O–H groups in total. The summed E-state index contributed by atoms with van der Waals surface area (Å²) in [4.78, 5) is 0. The zero-order valence-corrected chi connectivity index (χ0v) is 13.5. The predicted octanol–water partition coefficient (Wildman–Crippen LogP) is 6.56. The van der Waals surface area contributed by atoms with E-state index in [1.54, 1.807) is 12.1 Å². The summed E-state index contributed by atoms with van der Waals surface area (Å²) in [5.74, 6) is 0. The summed E-state index contributed by atoms with van der Waals surface area (Å²) < 4.78 is 39.8. The summed E-state index contributed by atoms with van der Waals surface area (Å²) in [6.45, 7) is 3.25. The molecular formula is C14H12Cl2F3NS. The van der Waals surface area contributed by atoms with Crippen molar-refractivity contribution in [3.8, 4) is 0 Å². The molecule has 0 aliphatic heterocycles. The van der Waals surface area contributed by atoms with Gasteiger partial charge in [0.2, 0.25) is 0 Å². The number of hydrogen-bond donors (Lipinski definition) is 1. The molecule has 0 spiro atoms. The first-order chi connectivity index (χ1) is 9.68. The van der Waals surface area contributed by atoms with Gasteiger partial charge in [-0.25, -0.2) is 0 Å². The Hall–Kier alpha value is -0.910. The van der Waals surface area contributed by atoms with Gasteiger partial charge in [-0.1, -0.05) is 29.3 Å². The van der Waals surface area contributed by atoms with Gasteiger partial charge in [-0.05, 0) is 37.6 Å². The first-order valence-corrected chi connectivity index (χ1v) is 7.65. The van der Waals surface area contributed by atoms with Gasteiger partial charge in [0.05, 0.1) is 20.3 Å². The Morgan fingerprint density at radius 1 is 1.19 bits per heavy atom. The molecule has 0 bridgehead atoms. The number of rotatable bonds is 3. The van der Waals surface area contributed by atoms with Crippen molar-refractivity contribution >= 4 is 40.2 Å². The van der Waals surface area contributed by atoms with E-state index in [1.165, 1.54) is 24.3 Å². The highest BCUT2D eigenvalue weighted by molar-refractivity contribution is 7.20. The van der Waals surface area contributed by atoms with Gasteiger partial charge in [0, 0.05) is 11.3 Å². The van der Waals surface area contributed by atoms with Crippen LogP contribution in [0.3, 0.4) is 0 Å². The molecule has 0 radical (unpaired) electrons. The molecule has 0 saturated carbocycles. The maximum absolute atomic E-state index is 12.9. The van der Waals surface area contributed by atoms with Gasteiger partial charge >= 0.3 is 6.18 Å². The van der Waals surface area contributed by atoms with Gasteiger partial charge in [-0.2, -0.15) is 13.2 Å². The van der Waals surface area contributed by atoms with Crippen LogP contribution in [0.2, 0.25) is 8.67 Å². The second-order valence-corrected chi connectivity index (χ2v) is 6.96. The Balaban J connectivity index is 2.26. The molecule has 7 heteroatoms. The quantitative estimate of drug-likeness (QED) is 0.659. The van der Waals surface area contributed by atoms with Crippen molar-refractivity contribution in [2.24, 2.45) is 0 Å². The van der Waals surface area contributed by atoms with Crippen molar-refractivity contribution in [3.05, 3.63) is 49.6 Å². The molecule has 0 amide bonds. The van der Waals surface area contributed by atoms with Crippen LogP contribution < -0.4 is 5.32 Å². The lowest BCUT2D eigenvalue weighted by Gasteiger charge is -2.17. The number of aryl methyl sites for hydroxylation is 1. The van der Waals surface area contributed by atoms with Gasteiger partial charge in [0.15, 0.2) is 0 Å². The standard InChI is InChI=1S/C14H12Cl2F3NS/c1-7-3-4-9(5-11(7)14(17,18)19)20-8(2)10-6-12(15)21-13(10)16/h3-6,8,20H,1-2H3. The zero-order valence-electron chi connectivity index (χ0n) is 11.2. The molecular weight excluding hydrogens is 342 g/mol. The van der Waals surface area contributed by atoms with E-state index < -0.39 is 11.7 Å². The van der Waals surface area contributed by atoms with Crippen LogP contribution in [0.15, 0.2) is 24.3 Å². The van der Waals surface area contributed by atoms with Crippen LogP contribution in [0.5, 0.6) is 0 Å². The maximum Gasteiger partial charge on any atom is 0.416 e. The summed E-state index contributed by atoms with van der Waals surface area (Å²) in [6.07, 6.45) is -4.37. The highest BCUT2D eigenvalue weighted by atomic mass is 35.5. The molecule has 1 nitrogen and oxygen atoms in total. The highest BCUT2D eigenvalue weighted by Crippen LogP contribution is 2.37. The van der Waals surface area contributed by atoms with Crippen LogP contribution in [0.25, 0.3) is 0 Å². The van der Waals surface area contributed by atoms with Crippen molar-refractivity contribution in [1.29, 1.82) is 0 Å². The van der Waals surface area contributed by atoms with Crippen LogP contribution in [-0.2, 0) is 6.18 Å². The fourth-order valence-corrected chi connectivity index (χ4v) is 3.64. The van der Waals surface area contributed by atoms with Crippen LogP contribution in [0, 0.1) is 6.92 Å². The van der Waals surface area contributed by atoms with Crippen LogP contribution >= 0.6 is 34.5 Å². The Kier molecular flexibility index (Phi) is 4.76. The number of benzene rings is 1. The lowest BCUT2D eigenvalue weighted by atomic mass is 10.1. The molecule has 0 aliphatic rings. The minimum atomic E-state index is -4.37. The first-order valence-electron chi connectivity index (χ1n) is 6.07. The van der Waals surface area contributed by atoms with Crippen LogP contribution in [-0.4, -0.2) is 0 Å². The normalized spacial score (nSPS) is 13.3. The van der Waals surface area contributed by atoms with E-state index in [1.807, 2.05) is 6.92 Å². The second kappa shape index (κ2) is 6.07. The minimum Gasteiger partial charge on any atom is -0.378 e. The molecule has 1 heterocycles. The van der Waals surface area contributed by atoms with Gasteiger partial charge < -0.3 is 5.32 Å². The predicted molar refractivity (Wildman–Crippen MR) is 82.6 cm³/mol. The topological polar surface area (TPSA) is 12.0 Å². The van der Waals surface area contributed by atoms with Crippen molar-refractivity contribution in [1.82, 2.24) is 0 Å². The van der Waals surface area contributed by atoms with E-state index in [0.717, 1.165) is 11.6 Å². The molecule has 1 unspecified atom stereocenters. The summed E-state index contributed by atoms with van der Waals surface area (Å²) in [6, 6.07) is 5.63. The Morgan fingerprint density at radius 2 is 1.86 bits per heavy atom. The number of nitrogens with one attached hydrogen (secondary N) is 1. The molecule has 0 fully saturated rings. The SMILES string of the molecule is Cc1ccc(NC(C)c2cc(Cl)sc2Cl)cc1C(F)(F)F. The van der Waals surface area contributed by atoms with Crippen molar-refractivity contribution in [2.75, 3.05) is 5.32 Å². The molecule has 0 aliphatic carbocycles. The Bertz CT molecular complexity index is 652. The minimum absolute atomic E-state index is 0.192. The maximum atomic E-state index is 12.9. The van der Waals surface area contributed by atoms with E-state index in [-0.39, 0.29) is 11.6 Å². The smallest absolute Gasteiger partial charge is 0.378 e. The highest BCUT2D eigenvalue weighted by Gasteiger charge is 2.32.